The second-order valence-electron chi connectivity index (χ2n) is 11.4. The molecule has 0 radical (unpaired) electrons. The highest BCUT2D eigenvalue weighted by Crippen LogP contribution is 2.39. The fourth-order valence-electron chi connectivity index (χ4n) is 5.72. The van der Waals surface area contributed by atoms with Crippen LogP contribution in [0.2, 0.25) is 0 Å². The van der Waals surface area contributed by atoms with Gasteiger partial charge >= 0.3 is 5.97 Å². The number of thioether (sulfide) groups is 1. The normalized spacial score (nSPS) is 12.6. The summed E-state index contributed by atoms with van der Waals surface area (Å²) in [6, 6.07) is 29.5. The minimum absolute atomic E-state index is 0.0821. The maximum atomic E-state index is 13.7. The Hall–Kier alpha value is -5.19. The van der Waals surface area contributed by atoms with E-state index in [0.29, 0.717) is 21.8 Å². The largest absolute Gasteiger partial charge is 0.462 e. The number of hydrogen-bond donors (Lipinski definition) is 3. The number of hydrogen-bond acceptors (Lipinski definition) is 7. The molecule has 0 aliphatic heterocycles. The van der Waals surface area contributed by atoms with Crippen LogP contribution in [0.3, 0.4) is 0 Å². The molecule has 0 spiro atoms. The van der Waals surface area contributed by atoms with Gasteiger partial charge in [-0.2, -0.15) is 0 Å². The van der Waals surface area contributed by atoms with Crippen molar-refractivity contribution in [1.82, 2.24) is 5.32 Å². The number of anilines is 2. The zero-order chi connectivity index (χ0) is 34.2. The molecule has 4 aromatic carbocycles. The van der Waals surface area contributed by atoms with E-state index in [1.54, 1.807) is 55.5 Å². The van der Waals surface area contributed by atoms with Crippen LogP contribution < -0.4 is 16.0 Å². The van der Waals surface area contributed by atoms with Crippen LogP contribution in [0.4, 0.5) is 10.7 Å². The molecule has 1 heterocycles. The zero-order valence-electron chi connectivity index (χ0n) is 26.9. The maximum absolute atomic E-state index is 13.7. The van der Waals surface area contributed by atoms with E-state index in [4.69, 9.17) is 4.74 Å². The van der Waals surface area contributed by atoms with Gasteiger partial charge in [0.15, 0.2) is 0 Å². The van der Waals surface area contributed by atoms with Gasteiger partial charge in [-0.1, -0.05) is 66.7 Å². The molecule has 0 atom stereocenters. The third-order valence-corrected chi connectivity index (χ3v) is 10.2. The van der Waals surface area contributed by atoms with E-state index in [1.807, 2.05) is 54.6 Å². The fraction of sp³-hybridized carbons (Fsp3) is 0.179. The van der Waals surface area contributed by atoms with E-state index in [0.717, 1.165) is 57.4 Å². The van der Waals surface area contributed by atoms with Crippen LogP contribution in [0, 0.1) is 0 Å². The van der Waals surface area contributed by atoms with Crippen LogP contribution >= 0.6 is 23.1 Å². The number of amides is 3. The zero-order valence-corrected chi connectivity index (χ0v) is 28.5. The lowest BCUT2D eigenvalue weighted by Crippen LogP contribution is -2.30. The van der Waals surface area contributed by atoms with Crippen LogP contribution in [-0.4, -0.2) is 36.1 Å². The molecule has 248 valence electrons. The molecule has 0 fully saturated rings. The standard InChI is InChI=1S/C39H35N3O5S2/c1-2-47-39(46)35-31-20-8-9-21-33(31)49-38(35)42-34(43)24-48-29-18-11-17-28(23-29)40-37(45)32(41-36(44)26-13-4-3-5-14-26)22-27-16-10-15-25-12-6-7-19-30(25)27/h3-7,10-19,22-23H,2,8-9,20-21,24H2,1H3,(H,40,45)(H,41,44)(H,42,43)/b32-22+. The van der Waals surface area contributed by atoms with Gasteiger partial charge in [-0.05, 0) is 90.9 Å². The summed E-state index contributed by atoms with van der Waals surface area (Å²) < 4.78 is 5.31. The monoisotopic (exact) mass is 689 g/mol. The van der Waals surface area contributed by atoms with Crippen LogP contribution in [0.5, 0.6) is 0 Å². The van der Waals surface area contributed by atoms with Crippen molar-refractivity contribution in [2.24, 2.45) is 0 Å². The first kappa shape index (κ1) is 33.7. The van der Waals surface area contributed by atoms with E-state index in [9.17, 15) is 19.2 Å². The number of aryl methyl sites for hydroxylation is 1. The van der Waals surface area contributed by atoms with Crippen LogP contribution in [0.1, 0.15) is 56.5 Å². The summed E-state index contributed by atoms with van der Waals surface area (Å²) >= 11 is 2.77. The Morgan fingerprint density at radius 2 is 1.61 bits per heavy atom. The van der Waals surface area contributed by atoms with Crippen LogP contribution in [0.25, 0.3) is 16.8 Å². The maximum Gasteiger partial charge on any atom is 0.341 e. The van der Waals surface area contributed by atoms with Crippen molar-refractivity contribution >= 4 is 74.3 Å². The molecule has 0 saturated heterocycles. The number of carbonyl (C=O) groups excluding carboxylic acids is 4. The molecule has 3 amide bonds. The predicted molar refractivity (Wildman–Crippen MR) is 197 cm³/mol. The van der Waals surface area contributed by atoms with Gasteiger partial charge in [0.05, 0.1) is 17.9 Å². The second-order valence-corrected chi connectivity index (χ2v) is 13.6. The quantitative estimate of drug-likeness (QED) is 0.0734. The molecular weight excluding hydrogens is 655 g/mol. The Kier molecular flexibility index (Phi) is 10.9. The molecule has 5 aromatic rings. The molecule has 1 aliphatic rings. The van der Waals surface area contributed by atoms with Gasteiger partial charge < -0.3 is 20.7 Å². The molecule has 1 aliphatic carbocycles. The highest BCUT2D eigenvalue weighted by atomic mass is 32.2. The van der Waals surface area contributed by atoms with Gasteiger partial charge in [0.1, 0.15) is 10.7 Å². The minimum Gasteiger partial charge on any atom is -0.462 e. The average Bonchev–Trinajstić information content (AvgIpc) is 3.49. The summed E-state index contributed by atoms with van der Waals surface area (Å²) in [5, 5.41) is 11.2. The van der Waals surface area contributed by atoms with Gasteiger partial charge in [-0.25, -0.2) is 4.79 Å². The molecule has 10 heteroatoms. The SMILES string of the molecule is CCOC(=O)c1c(NC(=O)CSc2cccc(NC(=O)/C(=C\c3cccc4ccccc34)NC(=O)c3ccccc3)c2)sc2c1CCCC2. The van der Waals surface area contributed by atoms with Gasteiger partial charge in [0.2, 0.25) is 5.91 Å². The Bertz CT molecular complexity index is 2050. The molecule has 6 rings (SSSR count). The number of nitrogens with one attached hydrogen (secondary N) is 3. The number of benzene rings is 4. The minimum atomic E-state index is -0.495. The molecule has 1 aromatic heterocycles. The lowest BCUT2D eigenvalue weighted by Gasteiger charge is -2.13. The molecular formula is C39H35N3O5S2. The van der Waals surface area contributed by atoms with Gasteiger partial charge in [0, 0.05) is 21.0 Å². The van der Waals surface area contributed by atoms with Crippen molar-refractivity contribution in [1.29, 1.82) is 0 Å². The summed E-state index contributed by atoms with van der Waals surface area (Å²) in [5.74, 6) is -1.45. The van der Waals surface area contributed by atoms with Gasteiger partial charge in [-0.15, -0.1) is 23.1 Å². The van der Waals surface area contributed by atoms with E-state index in [1.165, 1.54) is 23.1 Å². The van der Waals surface area contributed by atoms with Crippen molar-refractivity contribution in [2.75, 3.05) is 23.0 Å². The molecule has 0 saturated carbocycles. The molecule has 49 heavy (non-hydrogen) atoms. The number of fused-ring (bicyclic) bond motifs is 2. The Balaban J connectivity index is 1.17. The Morgan fingerprint density at radius 3 is 2.45 bits per heavy atom. The van der Waals surface area contributed by atoms with Crippen molar-refractivity contribution in [3.05, 3.63) is 130 Å². The summed E-state index contributed by atoms with van der Waals surface area (Å²) in [4.78, 5) is 54.6. The predicted octanol–water partition coefficient (Wildman–Crippen LogP) is 8.10. The first-order valence-electron chi connectivity index (χ1n) is 16.1. The smallest absolute Gasteiger partial charge is 0.341 e. The van der Waals surface area contributed by atoms with E-state index in [2.05, 4.69) is 16.0 Å². The van der Waals surface area contributed by atoms with Crippen molar-refractivity contribution in [3.63, 3.8) is 0 Å². The van der Waals surface area contributed by atoms with E-state index >= 15 is 0 Å². The van der Waals surface area contributed by atoms with Crippen LogP contribution in [-0.2, 0) is 27.2 Å². The van der Waals surface area contributed by atoms with Gasteiger partial charge in [-0.3, -0.25) is 14.4 Å². The number of rotatable bonds is 11. The van der Waals surface area contributed by atoms with Crippen molar-refractivity contribution in [3.8, 4) is 0 Å². The fourth-order valence-corrected chi connectivity index (χ4v) is 7.77. The third-order valence-electron chi connectivity index (χ3n) is 8.02. The second kappa shape index (κ2) is 15.8. The average molecular weight is 690 g/mol. The number of thiophene rings is 1. The summed E-state index contributed by atoms with van der Waals surface area (Å²) in [7, 11) is 0. The summed E-state index contributed by atoms with van der Waals surface area (Å²) in [6.45, 7) is 2.03. The highest BCUT2D eigenvalue weighted by molar-refractivity contribution is 8.00. The topological polar surface area (TPSA) is 114 Å². The summed E-state index contributed by atoms with van der Waals surface area (Å²) in [6.07, 6.45) is 5.44. The first-order valence-corrected chi connectivity index (χ1v) is 17.9. The first-order chi connectivity index (χ1) is 23.9. The third kappa shape index (κ3) is 8.28. The number of carbonyl (C=O) groups is 4. The Labute approximate surface area is 293 Å². The van der Waals surface area contributed by atoms with E-state index < -0.39 is 17.8 Å². The van der Waals surface area contributed by atoms with Crippen LogP contribution in [0.15, 0.2) is 108 Å². The lowest BCUT2D eigenvalue weighted by atomic mass is 9.95. The van der Waals surface area contributed by atoms with Gasteiger partial charge in [0.25, 0.3) is 11.8 Å². The lowest BCUT2D eigenvalue weighted by molar-refractivity contribution is -0.114. The Morgan fingerprint density at radius 1 is 0.857 bits per heavy atom. The number of ether oxygens (including phenoxy) is 1. The molecule has 0 unspecified atom stereocenters. The molecule has 8 nitrogen and oxygen atoms in total. The van der Waals surface area contributed by atoms with Crippen molar-refractivity contribution < 1.29 is 23.9 Å². The number of esters is 1. The highest BCUT2D eigenvalue weighted by Gasteiger charge is 2.27. The molecule has 3 N–H and O–H groups in total. The summed E-state index contributed by atoms with van der Waals surface area (Å²) in [5.41, 5.74) is 3.27. The van der Waals surface area contributed by atoms with Crippen molar-refractivity contribution in [2.45, 2.75) is 37.5 Å². The molecule has 0 bridgehead atoms. The van der Waals surface area contributed by atoms with E-state index in [-0.39, 0.29) is 24.0 Å².